The first-order valence-corrected chi connectivity index (χ1v) is 7.72. The molecule has 5 rings (SSSR count). The summed E-state index contributed by atoms with van der Waals surface area (Å²) in [6.45, 7) is 1.31. The van der Waals surface area contributed by atoms with Crippen molar-refractivity contribution in [3.05, 3.63) is 41.0 Å². The molecule has 0 saturated heterocycles. The zero-order chi connectivity index (χ0) is 14.7. The lowest BCUT2D eigenvalue weighted by atomic mass is 9.77. The summed E-state index contributed by atoms with van der Waals surface area (Å²) in [6, 6.07) is 8.79. The van der Waals surface area contributed by atoms with Gasteiger partial charge in [0.1, 0.15) is 5.75 Å². The van der Waals surface area contributed by atoms with Gasteiger partial charge in [0, 0.05) is 17.2 Å². The van der Waals surface area contributed by atoms with Crippen LogP contribution in [0.5, 0.6) is 17.2 Å². The number of nitrogens with one attached hydrogen (secondary N) is 1. The lowest BCUT2D eigenvalue weighted by molar-refractivity contribution is 0.174. The molecule has 1 N–H and O–H groups in total. The van der Waals surface area contributed by atoms with Gasteiger partial charge in [0.25, 0.3) is 0 Å². The second-order valence-electron chi connectivity index (χ2n) is 6.01. The van der Waals surface area contributed by atoms with Crippen LogP contribution in [-0.2, 0) is 12.8 Å². The molecule has 0 amide bonds. The van der Waals surface area contributed by atoms with Crippen LogP contribution >= 0.6 is 0 Å². The average molecular weight is 295 g/mol. The molecular formula is C18H17NO3. The molecule has 2 aliphatic heterocycles. The Morgan fingerprint density at radius 1 is 1.18 bits per heavy atom. The second kappa shape index (κ2) is 4.40. The zero-order valence-corrected chi connectivity index (χ0v) is 12.4. The summed E-state index contributed by atoms with van der Waals surface area (Å²) in [6.07, 6.45) is 2.02. The summed E-state index contributed by atoms with van der Waals surface area (Å²) < 4.78 is 17.1. The van der Waals surface area contributed by atoms with Crippen molar-refractivity contribution in [2.75, 3.05) is 20.4 Å². The summed E-state index contributed by atoms with van der Waals surface area (Å²) in [5, 5.41) is 3.65. The van der Waals surface area contributed by atoms with E-state index in [1.165, 1.54) is 27.8 Å². The number of methoxy groups -OCH3 is 1. The first-order valence-electron chi connectivity index (χ1n) is 7.72. The molecule has 1 atom stereocenters. The van der Waals surface area contributed by atoms with Crippen LogP contribution in [-0.4, -0.2) is 20.4 Å². The van der Waals surface area contributed by atoms with E-state index in [9.17, 15) is 0 Å². The Kier molecular flexibility index (Phi) is 2.47. The number of rotatable bonds is 1. The summed E-state index contributed by atoms with van der Waals surface area (Å²) in [5.74, 6) is 2.65. The van der Waals surface area contributed by atoms with Crippen molar-refractivity contribution >= 4 is 0 Å². The van der Waals surface area contributed by atoms with Crippen molar-refractivity contribution in [1.29, 1.82) is 0 Å². The van der Waals surface area contributed by atoms with Crippen LogP contribution in [0.15, 0.2) is 24.3 Å². The molecule has 4 nitrogen and oxygen atoms in total. The van der Waals surface area contributed by atoms with E-state index in [-0.39, 0.29) is 0 Å². The van der Waals surface area contributed by atoms with Gasteiger partial charge >= 0.3 is 0 Å². The fourth-order valence-corrected chi connectivity index (χ4v) is 4.04. The Labute approximate surface area is 129 Å². The quantitative estimate of drug-likeness (QED) is 0.878. The largest absolute Gasteiger partial charge is 0.496 e. The van der Waals surface area contributed by atoms with Crippen LogP contribution in [0.25, 0.3) is 11.1 Å². The lowest BCUT2D eigenvalue weighted by Crippen LogP contribution is -2.33. The van der Waals surface area contributed by atoms with E-state index in [1.54, 1.807) is 7.11 Å². The molecule has 0 radical (unpaired) electrons. The maximum absolute atomic E-state index is 5.82. The topological polar surface area (TPSA) is 39.7 Å². The summed E-state index contributed by atoms with van der Waals surface area (Å²) in [5.41, 5.74) is 6.39. The summed E-state index contributed by atoms with van der Waals surface area (Å²) >= 11 is 0. The van der Waals surface area contributed by atoms with E-state index < -0.39 is 0 Å². The molecule has 0 aromatic heterocycles. The average Bonchev–Trinajstić information content (AvgIpc) is 3.02. The molecule has 0 fully saturated rings. The minimum Gasteiger partial charge on any atom is -0.496 e. The van der Waals surface area contributed by atoms with Crippen LogP contribution in [0.1, 0.15) is 22.7 Å². The van der Waals surface area contributed by atoms with E-state index in [0.29, 0.717) is 12.8 Å². The molecule has 0 unspecified atom stereocenters. The molecule has 4 heteroatoms. The monoisotopic (exact) mass is 295 g/mol. The maximum atomic E-state index is 5.82. The number of fused-ring (bicyclic) bond motifs is 4. The van der Waals surface area contributed by atoms with Crippen molar-refractivity contribution in [3.63, 3.8) is 0 Å². The predicted molar refractivity (Wildman–Crippen MR) is 82.7 cm³/mol. The van der Waals surface area contributed by atoms with Crippen LogP contribution in [0.3, 0.4) is 0 Å². The third-order valence-electron chi connectivity index (χ3n) is 4.93. The van der Waals surface area contributed by atoms with Gasteiger partial charge in [-0.05, 0) is 48.2 Å². The highest BCUT2D eigenvalue weighted by Gasteiger charge is 2.36. The Morgan fingerprint density at radius 3 is 3.05 bits per heavy atom. The molecule has 2 heterocycles. The molecule has 2 aromatic carbocycles. The van der Waals surface area contributed by atoms with E-state index in [4.69, 9.17) is 14.2 Å². The molecule has 0 saturated carbocycles. The molecule has 1 aliphatic carbocycles. The van der Waals surface area contributed by atoms with Gasteiger partial charge in [0.05, 0.1) is 7.11 Å². The number of ether oxygens (including phenoxy) is 3. The van der Waals surface area contributed by atoms with Crippen LogP contribution in [0.2, 0.25) is 0 Å². The first kappa shape index (κ1) is 12.4. The first-order chi connectivity index (χ1) is 10.9. The third-order valence-corrected chi connectivity index (χ3v) is 4.93. The summed E-state index contributed by atoms with van der Waals surface area (Å²) in [7, 11) is 1.73. The fraction of sp³-hybridized carbons (Fsp3) is 0.333. The van der Waals surface area contributed by atoms with Crippen molar-refractivity contribution in [3.8, 4) is 28.4 Å². The Balaban J connectivity index is 1.90. The number of benzene rings is 2. The lowest BCUT2D eigenvalue weighted by Gasteiger charge is -2.35. The Morgan fingerprint density at radius 2 is 2.14 bits per heavy atom. The van der Waals surface area contributed by atoms with Crippen molar-refractivity contribution in [1.82, 2.24) is 5.32 Å². The highest BCUT2D eigenvalue weighted by Crippen LogP contribution is 2.54. The maximum Gasteiger partial charge on any atom is 0.231 e. The second-order valence-corrected chi connectivity index (χ2v) is 6.01. The van der Waals surface area contributed by atoms with E-state index in [1.807, 2.05) is 6.07 Å². The predicted octanol–water partition coefficient (Wildman–Crippen LogP) is 2.83. The molecular weight excluding hydrogens is 278 g/mol. The van der Waals surface area contributed by atoms with Crippen molar-refractivity contribution in [2.24, 2.45) is 0 Å². The number of hydrogen-bond acceptors (Lipinski definition) is 4. The molecule has 3 aliphatic rings. The fourth-order valence-electron chi connectivity index (χ4n) is 4.04. The van der Waals surface area contributed by atoms with E-state index in [0.717, 1.165) is 36.6 Å². The number of hydrogen-bond donors (Lipinski definition) is 1. The van der Waals surface area contributed by atoms with Gasteiger partial charge in [-0.1, -0.05) is 12.1 Å². The van der Waals surface area contributed by atoms with E-state index in [2.05, 4.69) is 23.5 Å². The Bertz CT molecular complexity index is 784. The molecule has 22 heavy (non-hydrogen) atoms. The normalized spacial score (nSPS) is 20.3. The SMILES string of the molecule is COc1cccc2c1-c1c3c(cc4c1[C@H](C2)NCC4)OCO3. The van der Waals surface area contributed by atoms with Gasteiger partial charge in [-0.2, -0.15) is 0 Å². The van der Waals surface area contributed by atoms with Gasteiger partial charge in [0.15, 0.2) is 11.5 Å². The molecule has 112 valence electrons. The highest BCUT2D eigenvalue weighted by molar-refractivity contribution is 5.87. The van der Waals surface area contributed by atoms with Gasteiger partial charge in [-0.15, -0.1) is 0 Å². The third kappa shape index (κ3) is 1.50. The standard InChI is InChI=1S/C18H17NO3/c1-20-13-4-2-3-10-7-12-15-11(5-6-19-12)8-14-18(22-9-21-14)17(15)16(10)13/h2-4,8,12,19H,5-7,9H2,1H3/t12-/m0/s1. The van der Waals surface area contributed by atoms with Crippen molar-refractivity contribution in [2.45, 2.75) is 18.9 Å². The molecule has 0 spiro atoms. The highest BCUT2D eigenvalue weighted by atomic mass is 16.7. The minimum atomic E-state index is 0.299. The van der Waals surface area contributed by atoms with Gasteiger partial charge in [-0.3, -0.25) is 0 Å². The van der Waals surface area contributed by atoms with Gasteiger partial charge in [0.2, 0.25) is 6.79 Å². The molecule has 2 aromatic rings. The van der Waals surface area contributed by atoms with Gasteiger partial charge < -0.3 is 19.5 Å². The smallest absolute Gasteiger partial charge is 0.231 e. The van der Waals surface area contributed by atoms with Crippen molar-refractivity contribution < 1.29 is 14.2 Å². The van der Waals surface area contributed by atoms with E-state index >= 15 is 0 Å². The van der Waals surface area contributed by atoms with Gasteiger partial charge in [-0.25, -0.2) is 0 Å². The zero-order valence-electron chi connectivity index (χ0n) is 12.4. The molecule has 0 bridgehead atoms. The Hall–Kier alpha value is -2.20. The van der Waals surface area contributed by atoms with Crippen LogP contribution in [0.4, 0.5) is 0 Å². The minimum absolute atomic E-state index is 0.299. The summed E-state index contributed by atoms with van der Waals surface area (Å²) in [4.78, 5) is 0. The van der Waals surface area contributed by atoms with Crippen LogP contribution < -0.4 is 19.5 Å². The van der Waals surface area contributed by atoms with Crippen LogP contribution in [0, 0.1) is 0 Å².